The first-order valence-electron chi connectivity index (χ1n) is 7.62. The molecule has 0 unspecified atom stereocenters. The highest BCUT2D eigenvalue weighted by molar-refractivity contribution is 6.07. The molecule has 4 nitrogen and oxygen atoms in total. The number of anilines is 1. The van der Waals surface area contributed by atoms with Gasteiger partial charge in [-0.1, -0.05) is 25.1 Å². The number of nitrogens with zero attached hydrogens (tertiary/aromatic N) is 1. The van der Waals surface area contributed by atoms with Crippen molar-refractivity contribution in [2.45, 2.75) is 32.7 Å². The molecule has 1 aliphatic rings. The quantitative estimate of drug-likeness (QED) is 0.906. The Hall–Kier alpha value is -2.10. The fourth-order valence-electron chi connectivity index (χ4n) is 2.92. The number of fused-ring (bicyclic) bond motifs is 1. The standard InChI is InChI=1S/C17H21N3O/c1-3-18-16-10-14(13-6-4-5-7-15(13)20-16)17(21)19-12-8-11(2)9-12/h4-7,10-12H,3,8-9H2,1-2H3,(H,18,20)(H,19,21). The fraction of sp³-hybridized carbons (Fsp3) is 0.412. The maximum Gasteiger partial charge on any atom is 0.252 e. The van der Waals surface area contributed by atoms with Crippen molar-refractivity contribution in [2.24, 2.45) is 5.92 Å². The molecular formula is C17H21N3O. The summed E-state index contributed by atoms with van der Waals surface area (Å²) in [5.41, 5.74) is 1.55. The zero-order chi connectivity index (χ0) is 14.8. The van der Waals surface area contributed by atoms with Crippen molar-refractivity contribution >= 4 is 22.6 Å². The van der Waals surface area contributed by atoms with Crippen LogP contribution in [0.25, 0.3) is 10.9 Å². The number of carbonyl (C=O) groups is 1. The number of nitrogens with one attached hydrogen (secondary N) is 2. The third-order valence-corrected chi connectivity index (χ3v) is 4.03. The topological polar surface area (TPSA) is 54.0 Å². The van der Waals surface area contributed by atoms with Gasteiger partial charge >= 0.3 is 0 Å². The summed E-state index contributed by atoms with van der Waals surface area (Å²) in [7, 11) is 0. The average Bonchev–Trinajstić information content (AvgIpc) is 2.45. The van der Waals surface area contributed by atoms with E-state index in [-0.39, 0.29) is 5.91 Å². The van der Waals surface area contributed by atoms with E-state index in [2.05, 4.69) is 22.5 Å². The lowest BCUT2D eigenvalue weighted by molar-refractivity contribution is 0.0898. The molecule has 0 atom stereocenters. The van der Waals surface area contributed by atoms with Gasteiger partial charge in [0.2, 0.25) is 0 Å². The van der Waals surface area contributed by atoms with Crippen molar-refractivity contribution in [2.75, 3.05) is 11.9 Å². The molecule has 0 bridgehead atoms. The summed E-state index contributed by atoms with van der Waals surface area (Å²) in [5.74, 6) is 1.48. The Kier molecular flexibility index (Phi) is 3.78. The van der Waals surface area contributed by atoms with Crippen LogP contribution in [0, 0.1) is 5.92 Å². The zero-order valence-electron chi connectivity index (χ0n) is 12.5. The van der Waals surface area contributed by atoms with Crippen LogP contribution < -0.4 is 10.6 Å². The molecule has 0 aliphatic heterocycles. The van der Waals surface area contributed by atoms with Gasteiger partial charge in [0, 0.05) is 18.0 Å². The predicted molar refractivity (Wildman–Crippen MR) is 85.6 cm³/mol. The maximum absolute atomic E-state index is 12.6. The highest BCUT2D eigenvalue weighted by Crippen LogP contribution is 2.27. The first kappa shape index (κ1) is 13.9. The number of pyridine rings is 1. The third-order valence-electron chi connectivity index (χ3n) is 4.03. The average molecular weight is 283 g/mol. The molecule has 3 rings (SSSR count). The molecular weight excluding hydrogens is 262 g/mol. The number of para-hydroxylation sites is 1. The van der Waals surface area contributed by atoms with Gasteiger partial charge in [-0.05, 0) is 37.8 Å². The van der Waals surface area contributed by atoms with Crippen molar-refractivity contribution in [3.05, 3.63) is 35.9 Å². The fourth-order valence-corrected chi connectivity index (χ4v) is 2.92. The van der Waals surface area contributed by atoms with Crippen molar-refractivity contribution in [3.8, 4) is 0 Å². The summed E-state index contributed by atoms with van der Waals surface area (Å²) in [5, 5.41) is 7.23. The molecule has 2 N–H and O–H groups in total. The van der Waals surface area contributed by atoms with Crippen LogP contribution in [0.15, 0.2) is 30.3 Å². The van der Waals surface area contributed by atoms with Gasteiger partial charge in [0.05, 0.1) is 11.1 Å². The molecule has 1 fully saturated rings. The largest absolute Gasteiger partial charge is 0.370 e. The van der Waals surface area contributed by atoms with Crippen molar-refractivity contribution in [1.82, 2.24) is 10.3 Å². The predicted octanol–water partition coefficient (Wildman–Crippen LogP) is 3.19. The van der Waals surface area contributed by atoms with Crippen LogP contribution >= 0.6 is 0 Å². The maximum atomic E-state index is 12.6. The van der Waals surface area contributed by atoms with Crippen LogP contribution in [0.5, 0.6) is 0 Å². The Balaban J connectivity index is 1.93. The smallest absolute Gasteiger partial charge is 0.252 e. The number of rotatable bonds is 4. The van der Waals surface area contributed by atoms with Gasteiger partial charge in [0.1, 0.15) is 5.82 Å². The van der Waals surface area contributed by atoms with Gasteiger partial charge in [-0.25, -0.2) is 4.98 Å². The highest BCUT2D eigenvalue weighted by atomic mass is 16.1. The van der Waals surface area contributed by atoms with Gasteiger partial charge in [-0.2, -0.15) is 0 Å². The summed E-state index contributed by atoms with van der Waals surface area (Å²) in [6.07, 6.45) is 2.16. The van der Waals surface area contributed by atoms with Gasteiger partial charge in [-0.15, -0.1) is 0 Å². The minimum atomic E-state index is 0.00431. The van der Waals surface area contributed by atoms with E-state index in [9.17, 15) is 4.79 Å². The molecule has 0 radical (unpaired) electrons. The third kappa shape index (κ3) is 2.84. The molecule has 4 heteroatoms. The number of amides is 1. The van der Waals surface area contributed by atoms with Crippen LogP contribution in [0.2, 0.25) is 0 Å². The molecule has 21 heavy (non-hydrogen) atoms. The number of aromatic nitrogens is 1. The monoisotopic (exact) mass is 283 g/mol. The number of benzene rings is 1. The van der Waals surface area contributed by atoms with E-state index in [0.29, 0.717) is 11.6 Å². The van der Waals surface area contributed by atoms with E-state index in [1.807, 2.05) is 37.3 Å². The molecule has 1 saturated carbocycles. The van der Waals surface area contributed by atoms with Crippen molar-refractivity contribution in [1.29, 1.82) is 0 Å². The zero-order valence-corrected chi connectivity index (χ0v) is 12.5. The van der Waals surface area contributed by atoms with Crippen LogP contribution in [0.1, 0.15) is 37.0 Å². The Morgan fingerprint density at radius 3 is 2.81 bits per heavy atom. The van der Waals surface area contributed by atoms with E-state index in [4.69, 9.17) is 0 Å². The lowest BCUT2D eigenvalue weighted by atomic mass is 9.82. The molecule has 1 heterocycles. The van der Waals surface area contributed by atoms with Crippen molar-refractivity contribution < 1.29 is 4.79 Å². The first-order valence-corrected chi connectivity index (χ1v) is 7.62. The van der Waals surface area contributed by atoms with Gasteiger partial charge in [-0.3, -0.25) is 4.79 Å². The van der Waals surface area contributed by atoms with Crippen LogP contribution in [-0.4, -0.2) is 23.5 Å². The Labute approximate surface area is 125 Å². The summed E-state index contributed by atoms with van der Waals surface area (Å²) in [4.78, 5) is 17.1. The SMILES string of the molecule is CCNc1cc(C(=O)NC2CC(C)C2)c2ccccc2n1. The summed E-state index contributed by atoms with van der Waals surface area (Å²) >= 11 is 0. The van der Waals surface area contributed by atoms with Gasteiger partial charge in [0.25, 0.3) is 5.91 Å². The summed E-state index contributed by atoms with van der Waals surface area (Å²) in [6, 6.07) is 9.96. The van der Waals surface area contributed by atoms with E-state index in [1.54, 1.807) is 0 Å². The second-order valence-electron chi connectivity index (χ2n) is 5.85. The molecule has 2 aromatic rings. The van der Waals surface area contributed by atoms with Crippen LogP contribution in [-0.2, 0) is 0 Å². The molecule has 1 amide bonds. The minimum Gasteiger partial charge on any atom is -0.370 e. The highest BCUT2D eigenvalue weighted by Gasteiger charge is 2.27. The lowest BCUT2D eigenvalue weighted by Crippen LogP contribution is -2.43. The molecule has 0 saturated heterocycles. The van der Waals surface area contributed by atoms with E-state index >= 15 is 0 Å². The molecule has 1 aromatic heterocycles. The summed E-state index contributed by atoms with van der Waals surface area (Å²) in [6.45, 7) is 5.02. The van der Waals surface area contributed by atoms with E-state index in [0.717, 1.165) is 42.0 Å². The number of hydrogen-bond acceptors (Lipinski definition) is 3. The van der Waals surface area contributed by atoms with Crippen molar-refractivity contribution in [3.63, 3.8) is 0 Å². The molecule has 1 aromatic carbocycles. The minimum absolute atomic E-state index is 0.00431. The summed E-state index contributed by atoms with van der Waals surface area (Å²) < 4.78 is 0. The number of carbonyl (C=O) groups excluding carboxylic acids is 1. The van der Waals surface area contributed by atoms with E-state index in [1.165, 1.54) is 0 Å². The van der Waals surface area contributed by atoms with E-state index < -0.39 is 0 Å². The van der Waals surface area contributed by atoms with Gasteiger partial charge in [0.15, 0.2) is 0 Å². The second kappa shape index (κ2) is 5.72. The lowest BCUT2D eigenvalue weighted by Gasteiger charge is -2.33. The van der Waals surface area contributed by atoms with Crippen LogP contribution in [0.4, 0.5) is 5.82 Å². The normalized spacial score (nSPS) is 20.9. The van der Waals surface area contributed by atoms with Gasteiger partial charge < -0.3 is 10.6 Å². The number of hydrogen-bond donors (Lipinski definition) is 2. The Morgan fingerprint density at radius 1 is 1.33 bits per heavy atom. The second-order valence-corrected chi connectivity index (χ2v) is 5.85. The molecule has 1 aliphatic carbocycles. The molecule has 110 valence electrons. The first-order chi connectivity index (χ1) is 10.2. The van der Waals surface area contributed by atoms with Crippen LogP contribution in [0.3, 0.4) is 0 Å². The molecule has 0 spiro atoms. The Morgan fingerprint density at radius 2 is 2.10 bits per heavy atom. The Bertz CT molecular complexity index is 662.